The molecule has 0 saturated heterocycles. The van der Waals surface area contributed by atoms with Gasteiger partial charge in [0.15, 0.2) is 11.5 Å². The van der Waals surface area contributed by atoms with E-state index in [2.05, 4.69) is 10.3 Å². The minimum Gasteiger partial charge on any atom is -0.440 e. The van der Waals surface area contributed by atoms with Crippen molar-refractivity contribution in [2.45, 2.75) is 36.5 Å². The van der Waals surface area contributed by atoms with Gasteiger partial charge in [0.05, 0.1) is 4.90 Å². The zero-order valence-electron chi connectivity index (χ0n) is 16.5. The normalized spacial score (nSPS) is 14.4. The Hall–Kier alpha value is -2.78. The molecular formula is C21H22FN3O4S. The molecule has 30 heavy (non-hydrogen) atoms. The molecule has 0 aliphatic heterocycles. The van der Waals surface area contributed by atoms with E-state index in [1.54, 1.807) is 18.2 Å². The van der Waals surface area contributed by atoms with Gasteiger partial charge in [-0.15, -0.1) is 0 Å². The average Bonchev–Trinajstić information content (AvgIpc) is 3.47. The lowest BCUT2D eigenvalue weighted by Gasteiger charge is -2.17. The molecule has 0 atom stereocenters. The van der Waals surface area contributed by atoms with Gasteiger partial charge in [0.2, 0.25) is 15.9 Å². The van der Waals surface area contributed by atoms with Crippen LogP contribution in [0.2, 0.25) is 0 Å². The number of oxazole rings is 1. The Bertz CT molecular complexity index is 1170. The molecular weight excluding hydrogens is 409 g/mol. The number of nitrogens with one attached hydrogen (secondary N) is 1. The number of anilines is 1. The second kappa shape index (κ2) is 8.16. The predicted octanol–water partition coefficient (Wildman–Crippen LogP) is 3.88. The van der Waals surface area contributed by atoms with Crippen LogP contribution < -0.4 is 5.32 Å². The molecule has 0 radical (unpaired) electrons. The van der Waals surface area contributed by atoms with E-state index in [0.29, 0.717) is 29.1 Å². The summed E-state index contributed by atoms with van der Waals surface area (Å²) >= 11 is 0. The van der Waals surface area contributed by atoms with Crippen molar-refractivity contribution in [2.75, 3.05) is 18.9 Å². The Balaban J connectivity index is 1.30. The maximum atomic E-state index is 13.0. The van der Waals surface area contributed by atoms with Crippen LogP contribution in [0.3, 0.4) is 0 Å². The molecule has 2 aromatic carbocycles. The van der Waals surface area contributed by atoms with Crippen molar-refractivity contribution in [2.24, 2.45) is 0 Å². The first-order chi connectivity index (χ1) is 14.3. The van der Waals surface area contributed by atoms with Gasteiger partial charge in [0.1, 0.15) is 11.3 Å². The summed E-state index contributed by atoms with van der Waals surface area (Å²) < 4.78 is 44.8. The van der Waals surface area contributed by atoms with Crippen molar-refractivity contribution in [1.29, 1.82) is 0 Å². The van der Waals surface area contributed by atoms with Gasteiger partial charge in [-0.05, 0) is 61.7 Å². The SMILES string of the molecule is CN(CCCC(=O)Nc1ccc2oc(C3CC3)nc2c1)S(=O)(=O)c1ccc(F)cc1. The monoisotopic (exact) mass is 431 g/mol. The van der Waals surface area contributed by atoms with Crippen LogP contribution in [0.25, 0.3) is 11.1 Å². The predicted molar refractivity (Wildman–Crippen MR) is 110 cm³/mol. The van der Waals surface area contributed by atoms with E-state index in [9.17, 15) is 17.6 Å². The number of hydrogen-bond donors (Lipinski definition) is 1. The number of carbonyl (C=O) groups is 1. The number of benzene rings is 2. The highest BCUT2D eigenvalue weighted by molar-refractivity contribution is 7.89. The maximum Gasteiger partial charge on any atom is 0.242 e. The highest BCUT2D eigenvalue weighted by Gasteiger charge is 2.29. The lowest BCUT2D eigenvalue weighted by atomic mass is 10.2. The summed E-state index contributed by atoms with van der Waals surface area (Å²) in [5.74, 6) is 0.450. The van der Waals surface area contributed by atoms with Gasteiger partial charge in [0, 0.05) is 31.6 Å². The number of aromatic nitrogens is 1. The van der Waals surface area contributed by atoms with Crippen LogP contribution in [0.5, 0.6) is 0 Å². The quantitative estimate of drug-likeness (QED) is 0.584. The van der Waals surface area contributed by atoms with Crippen molar-refractivity contribution < 1.29 is 22.0 Å². The highest BCUT2D eigenvalue weighted by atomic mass is 32.2. The zero-order valence-corrected chi connectivity index (χ0v) is 17.3. The van der Waals surface area contributed by atoms with Crippen molar-refractivity contribution in [3.8, 4) is 0 Å². The van der Waals surface area contributed by atoms with Crippen LogP contribution in [-0.4, -0.2) is 37.2 Å². The Morgan fingerprint density at radius 2 is 1.97 bits per heavy atom. The first-order valence-electron chi connectivity index (χ1n) is 9.75. The summed E-state index contributed by atoms with van der Waals surface area (Å²) in [4.78, 5) is 16.7. The van der Waals surface area contributed by atoms with Crippen LogP contribution in [-0.2, 0) is 14.8 Å². The van der Waals surface area contributed by atoms with Gasteiger partial charge in [-0.25, -0.2) is 22.1 Å². The second-order valence-corrected chi connectivity index (χ2v) is 9.49. The van der Waals surface area contributed by atoms with E-state index < -0.39 is 15.8 Å². The maximum absolute atomic E-state index is 13.0. The summed E-state index contributed by atoms with van der Waals surface area (Å²) in [5, 5.41) is 2.81. The molecule has 1 saturated carbocycles. The van der Waals surface area contributed by atoms with Crippen LogP contribution in [0, 0.1) is 5.82 Å². The van der Waals surface area contributed by atoms with Crippen LogP contribution in [0.1, 0.15) is 37.5 Å². The molecule has 3 aromatic rings. The summed E-state index contributed by atoms with van der Waals surface area (Å²) in [5.41, 5.74) is 2.03. The summed E-state index contributed by atoms with van der Waals surface area (Å²) in [7, 11) is -2.28. The van der Waals surface area contributed by atoms with E-state index in [1.807, 2.05) is 0 Å². The number of halogens is 1. The van der Waals surface area contributed by atoms with Gasteiger partial charge >= 0.3 is 0 Å². The number of carbonyl (C=O) groups excluding carboxylic acids is 1. The molecule has 1 N–H and O–H groups in total. The van der Waals surface area contributed by atoms with E-state index in [1.165, 1.54) is 19.2 Å². The van der Waals surface area contributed by atoms with Crippen molar-refractivity contribution in [3.63, 3.8) is 0 Å². The third kappa shape index (κ3) is 4.52. The molecule has 0 spiro atoms. The standard InChI is InChI=1S/C21H22FN3O4S/c1-25(30(27,28)17-9-6-15(22)7-10-17)12-2-3-20(26)23-16-8-11-19-18(13-16)24-21(29-19)14-4-5-14/h6-11,13-14H,2-5,12H2,1H3,(H,23,26). The fraction of sp³-hybridized carbons (Fsp3) is 0.333. The van der Waals surface area contributed by atoms with Gasteiger partial charge in [-0.2, -0.15) is 0 Å². The number of fused-ring (bicyclic) bond motifs is 1. The molecule has 4 rings (SSSR count). The fourth-order valence-corrected chi connectivity index (χ4v) is 4.33. The van der Waals surface area contributed by atoms with Gasteiger partial charge < -0.3 is 9.73 Å². The molecule has 1 fully saturated rings. The largest absolute Gasteiger partial charge is 0.440 e. The Labute approximate surface area is 173 Å². The molecule has 158 valence electrons. The van der Waals surface area contributed by atoms with E-state index in [-0.39, 0.29) is 23.8 Å². The molecule has 0 unspecified atom stereocenters. The van der Waals surface area contributed by atoms with Crippen molar-refractivity contribution >= 4 is 32.7 Å². The molecule has 1 amide bonds. The van der Waals surface area contributed by atoms with E-state index in [4.69, 9.17) is 4.42 Å². The molecule has 7 nitrogen and oxygen atoms in total. The topological polar surface area (TPSA) is 92.5 Å². The van der Waals surface area contributed by atoms with Crippen LogP contribution >= 0.6 is 0 Å². The first-order valence-corrected chi connectivity index (χ1v) is 11.2. The Morgan fingerprint density at radius 3 is 2.67 bits per heavy atom. The summed E-state index contributed by atoms with van der Waals surface area (Å²) in [6.07, 6.45) is 2.71. The third-order valence-electron chi connectivity index (χ3n) is 5.01. The van der Waals surface area contributed by atoms with E-state index in [0.717, 1.165) is 35.2 Å². The minimum absolute atomic E-state index is 0.0160. The van der Waals surface area contributed by atoms with Crippen molar-refractivity contribution in [3.05, 3.63) is 54.2 Å². The molecule has 0 bridgehead atoms. The number of rotatable bonds is 8. The van der Waals surface area contributed by atoms with E-state index >= 15 is 0 Å². The summed E-state index contributed by atoms with van der Waals surface area (Å²) in [6, 6.07) is 9.97. The highest BCUT2D eigenvalue weighted by Crippen LogP contribution is 2.40. The molecule has 9 heteroatoms. The number of sulfonamides is 1. The smallest absolute Gasteiger partial charge is 0.242 e. The average molecular weight is 431 g/mol. The lowest BCUT2D eigenvalue weighted by molar-refractivity contribution is -0.116. The van der Waals surface area contributed by atoms with Gasteiger partial charge in [-0.1, -0.05) is 0 Å². The lowest BCUT2D eigenvalue weighted by Crippen LogP contribution is -2.28. The summed E-state index contributed by atoms with van der Waals surface area (Å²) in [6.45, 7) is 0.167. The van der Waals surface area contributed by atoms with Crippen molar-refractivity contribution in [1.82, 2.24) is 9.29 Å². The third-order valence-corrected chi connectivity index (χ3v) is 6.88. The fourth-order valence-electron chi connectivity index (χ4n) is 3.12. The zero-order chi connectivity index (χ0) is 21.3. The van der Waals surface area contributed by atoms with Crippen LogP contribution in [0.15, 0.2) is 51.8 Å². The Morgan fingerprint density at radius 1 is 1.23 bits per heavy atom. The first kappa shape index (κ1) is 20.5. The Kier molecular flexibility index (Phi) is 5.57. The number of nitrogens with zero attached hydrogens (tertiary/aromatic N) is 2. The molecule has 1 aliphatic rings. The second-order valence-electron chi connectivity index (χ2n) is 7.44. The minimum atomic E-state index is -3.72. The molecule has 1 aromatic heterocycles. The van der Waals surface area contributed by atoms with Crippen LogP contribution in [0.4, 0.5) is 10.1 Å². The molecule has 1 aliphatic carbocycles. The van der Waals surface area contributed by atoms with Gasteiger partial charge in [0.25, 0.3) is 0 Å². The van der Waals surface area contributed by atoms with Gasteiger partial charge in [-0.3, -0.25) is 4.79 Å². The number of hydrogen-bond acceptors (Lipinski definition) is 5. The number of amides is 1. The molecule has 1 heterocycles.